The number of hydrogen-bond acceptors (Lipinski definition) is 4. The number of halogens is 1. The van der Waals surface area contributed by atoms with Gasteiger partial charge in [-0.2, -0.15) is 0 Å². The maximum absolute atomic E-state index is 6.06. The van der Waals surface area contributed by atoms with Crippen LogP contribution in [0.5, 0.6) is 0 Å². The van der Waals surface area contributed by atoms with Crippen molar-refractivity contribution in [2.45, 2.75) is 25.6 Å². The van der Waals surface area contributed by atoms with Gasteiger partial charge in [-0.15, -0.1) is 0 Å². The van der Waals surface area contributed by atoms with Crippen LogP contribution in [-0.4, -0.2) is 36.3 Å². The number of rotatable bonds is 2. The van der Waals surface area contributed by atoms with Gasteiger partial charge in [0.2, 0.25) is 0 Å². The lowest BCUT2D eigenvalue weighted by atomic mass is 10.0. The highest BCUT2D eigenvalue weighted by molar-refractivity contribution is 6.31. The number of morpholine rings is 1. The molecule has 1 aliphatic heterocycles. The predicted octanol–water partition coefficient (Wildman–Crippen LogP) is 2.83. The highest BCUT2D eigenvalue weighted by atomic mass is 35.5. The number of ether oxygens (including phenoxy) is 1. The molecule has 0 spiro atoms. The zero-order valence-corrected chi connectivity index (χ0v) is 13.1. The Hall–Kier alpha value is -1.36. The molecule has 0 bridgehead atoms. The van der Waals surface area contributed by atoms with Crippen molar-refractivity contribution >= 4 is 28.2 Å². The number of pyridine rings is 1. The van der Waals surface area contributed by atoms with Crippen LogP contribution in [0, 0.1) is 0 Å². The van der Waals surface area contributed by atoms with E-state index in [9.17, 15) is 0 Å². The molecule has 1 saturated heterocycles. The zero-order chi connectivity index (χ0) is 15.0. The molecule has 1 aliphatic rings. The van der Waals surface area contributed by atoms with Gasteiger partial charge in [-0.25, -0.2) is 0 Å². The van der Waals surface area contributed by atoms with E-state index in [0.717, 1.165) is 29.7 Å². The quantitative estimate of drug-likeness (QED) is 0.927. The van der Waals surface area contributed by atoms with Crippen LogP contribution < -0.4 is 10.6 Å². The van der Waals surface area contributed by atoms with Gasteiger partial charge >= 0.3 is 0 Å². The fraction of sp³-hybridized carbons (Fsp3) is 0.438. The first-order valence-electron chi connectivity index (χ1n) is 7.16. The van der Waals surface area contributed by atoms with Gasteiger partial charge in [0, 0.05) is 41.9 Å². The van der Waals surface area contributed by atoms with Crippen LogP contribution in [0.2, 0.25) is 5.02 Å². The highest BCUT2D eigenvalue weighted by Gasteiger charge is 2.33. The van der Waals surface area contributed by atoms with E-state index in [2.05, 4.69) is 23.7 Å². The molecule has 2 N–H and O–H groups in total. The zero-order valence-electron chi connectivity index (χ0n) is 12.3. The summed E-state index contributed by atoms with van der Waals surface area (Å²) in [5.74, 6) is 0. The van der Waals surface area contributed by atoms with E-state index in [1.807, 2.05) is 30.5 Å². The molecule has 1 aromatic carbocycles. The summed E-state index contributed by atoms with van der Waals surface area (Å²) in [4.78, 5) is 6.74. The lowest BCUT2D eigenvalue weighted by Crippen LogP contribution is -2.55. The molecule has 1 unspecified atom stereocenters. The molecule has 1 fully saturated rings. The van der Waals surface area contributed by atoms with Gasteiger partial charge in [0.25, 0.3) is 0 Å². The molecular formula is C16H20ClN3O. The standard InChI is InChI=1S/C16H20ClN3O/c1-16(2)10-20(9-12(8-18)21-16)15-5-6-19-14-7-11(17)3-4-13(14)15/h3-7,12H,8-10,18H2,1-2H3. The molecule has 2 heterocycles. The highest BCUT2D eigenvalue weighted by Crippen LogP contribution is 2.31. The second-order valence-electron chi connectivity index (χ2n) is 6.11. The topological polar surface area (TPSA) is 51.4 Å². The third kappa shape index (κ3) is 2.98. The minimum Gasteiger partial charge on any atom is -0.367 e. The van der Waals surface area contributed by atoms with E-state index in [0.29, 0.717) is 11.6 Å². The number of benzene rings is 1. The summed E-state index contributed by atoms with van der Waals surface area (Å²) in [5.41, 5.74) is 7.67. The van der Waals surface area contributed by atoms with Crippen LogP contribution in [0.4, 0.5) is 5.69 Å². The van der Waals surface area contributed by atoms with Crippen molar-refractivity contribution in [3.63, 3.8) is 0 Å². The Kier molecular flexibility index (Phi) is 3.78. The van der Waals surface area contributed by atoms with Gasteiger partial charge in [-0.1, -0.05) is 11.6 Å². The molecule has 1 aromatic heterocycles. The van der Waals surface area contributed by atoms with E-state index in [-0.39, 0.29) is 11.7 Å². The van der Waals surface area contributed by atoms with Gasteiger partial charge in [-0.3, -0.25) is 4.98 Å². The molecule has 4 nitrogen and oxygen atoms in total. The molecule has 21 heavy (non-hydrogen) atoms. The lowest BCUT2D eigenvalue weighted by Gasteiger charge is -2.44. The van der Waals surface area contributed by atoms with Crippen molar-refractivity contribution in [3.8, 4) is 0 Å². The van der Waals surface area contributed by atoms with E-state index in [1.165, 1.54) is 0 Å². The molecule has 0 amide bonds. The minimum atomic E-state index is -0.218. The summed E-state index contributed by atoms with van der Waals surface area (Å²) in [5, 5.41) is 1.81. The first-order valence-corrected chi connectivity index (χ1v) is 7.53. The second-order valence-corrected chi connectivity index (χ2v) is 6.54. The maximum atomic E-state index is 6.06. The van der Waals surface area contributed by atoms with E-state index in [4.69, 9.17) is 22.1 Å². The van der Waals surface area contributed by atoms with Crippen LogP contribution in [0.3, 0.4) is 0 Å². The normalized spacial score (nSPS) is 21.7. The molecule has 112 valence electrons. The fourth-order valence-electron chi connectivity index (χ4n) is 2.98. The molecule has 2 aromatic rings. The first-order chi connectivity index (χ1) is 9.98. The molecule has 1 atom stereocenters. The Morgan fingerprint density at radius 2 is 2.24 bits per heavy atom. The van der Waals surface area contributed by atoms with Gasteiger partial charge in [0.1, 0.15) is 0 Å². The van der Waals surface area contributed by atoms with Crippen molar-refractivity contribution in [1.29, 1.82) is 0 Å². The molecule has 0 saturated carbocycles. The number of nitrogens with zero attached hydrogens (tertiary/aromatic N) is 2. The average Bonchev–Trinajstić information content (AvgIpc) is 2.44. The maximum Gasteiger partial charge on any atom is 0.0879 e. The average molecular weight is 306 g/mol. The smallest absolute Gasteiger partial charge is 0.0879 e. The molecule has 3 rings (SSSR count). The Bertz CT molecular complexity index is 659. The monoisotopic (exact) mass is 305 g/mol. The number of aromatic nitrogens is 1. The summed E-state index contributed by atoms with van der Waals surface area (Å²) in [6, 6.07) is 7.87. The van der Waals surface area contributed by atoms with Gasteiger partial charge in [-0.05, 0) is 38.1 Å². The molecular weight excluding hydrogens is 286 g/mol. The van der Waals surface area contributed by atoms with Crippen LogP contribution in [0.25, 0.3) is 10.9 Å². The number of hydrogen-bond donors (Lipinski definition) is 1. The third-order valence-corrected chi connectivity index (χ3v) is 4.00. The van der Waals surface area contributed by atoms with E-state index < -0.39 is 0 Å². The van der Waals surface area contributed by atoms with Crippen molar-refractivity contribution in [3.05, 3.63) is 35.5 Å². The summed E-state index contributed by atoms with van der Waals surface area (Å²) in [6.07, 6.45) is 1.87. The van der Waals surface area contributed by atoms with Crippen LogP contribution >= 0.6 is 11.6 Å². The van der Waals surface area contributed by atoms with Crippen LogP contribution in [-0.2, 0) is 4.74 Å². The number of nitrogens with two attached hydrogens (primary N) is 1. The van der Waals surface area contributed by atoms with Crippen molar-refractivity contribution in [2.24, 2.45) is 5.73 Å². The predicted molar refractivity (Wildman–Crippen MR) is 87.0 cm³/mol. The fourth-order valence-corrected chi connectivity index (χ4v) is 3.15. The van der Waals surface area contributed by atoms with E-state index in [1.54, 1.807) is 0 Å². The molecule has 5 heteroatoms. The first kappa shape index (κ1) is 14.6. The molecule has 0 aliphatic carbocycles. The summed E-state index contributed by atoms with van der Waals surface area (Å²) < 4.78 is 6.00. The number of fused-ring (bicyclic) bond motifs is 1. The SMILES string of the molecule is CC1(C)CN(c2ccnc3cc(Cl)ccc23)CC(CN)O1. The minimum absolute atomic E-state index is 0.0456. The summed E-state index contributed by atoms with van der Waals surface area (Å²) >= 11 is 6.06. The summed E-state index contributed by atoms with van der Waals surface area (Å²) in [6.45, 7) is 6.34. The Labute approximate surface area is 129 Å². The second kappa shape index (κ2) is 5.44. The van der Waals surface area contributed by atoms with Crippen LogP contribution in [0.1, 0.15) is 13.8 Å². The van der Waals surface area contributed by atoms with Gasteiger partial charge in [0.15, 0.2) is 0 Å². The van der Waals surface area contributed by atoms with Gasteiger partial charge < -0.3 is 15.4 Å². The van der Waals surface area contributed by atoms with Crippen molar-refractivity contribution in [1.82, 2.24) is 4.98 Å². The largest absolute Gasteiger partial charge is 0.367 e. The summed E-state index contributed by atoms with van der Waals surface area (Å²) in [7, 11) is 0. The van der Waals surface area contributed by atoms with Crippen molar-refractivity contribution in [2.75, 3.05) is 24.5 Å². The molecule has 0 radical (unpaired) electrons. The Morgan fingerprint density at radius 1 is 1.43 bits per heavy atom. The van der Waals surface area contributed by atoms with Gasteiger partial charge in [0.05, 0.1) is 17.2 Å². The van der Waals surface area contributed by atoms with Crippen molar-refractivity contribution < 1.29 is 4.74 Å². The number of anilines is 1. The lowest BCUT2D eigenvalue weighted by molar-refractivity contribution is -0.0787. The van der Waals surface area contributed by atoms with E-state index >= 15 is 0 Å². The Morgan fingerprint density at radius 3 is 3.00 bits per heavy atom. The van der Waals surface area contributed by atoms with Crippen LogP contribution in [0.15, 0.2) is 30.5 Å². The third-order valence-electron chi connectivity index (χ3n) is 3.77. The Balaban J connectivity index is 2.03.